The molecule has 0 fully saturated rings. The highest BCUT2D eigenvalue weighted by Crippen LogP contribution is 2.14. The lowest BCUT2D eigenvalue weighted by atomic mass is 10.1. The Hall–Kier alpha value is -2.56. The van der Waals surface area contributed by atoms with Crippen LogP contribution in [0, 0.1) is 0 Å². The van der Waals surface area contributed by atoms with E-state index in [1.165, 1.54) is 23.9 Å². The third-order valence-corrected chi connectivity index (χ3v) is 2.55. The minimum Gasteiger partial charge on any atom is -0.464 e. The van der Waals surface area contributed by atoms with Crippen molar-refractivity contribution in [1.82, 2.24) is 4.57 Å². The molecule has 1 heterocycles. The maximum atomic E-state index is 12.2. The molecule has 2 aromatic rings. The summed E-state index contributed by atoms with van der Waals surface area (Å²) in [4.78, 5) is 23.7. The molecule has 2 N–H and O–H groups in total. The predicted molar refractivity (Wildman–Crippen MR) is 66.4 cm³/mol. The van der Waals surface area contributed by atoms with Gasteiger partial charge in [-0.05, 0) is 24.3 Å². The first-order chi connectivity index (χ1) is 8.65. The van der Waals surface area contributed by atoms with Gasteiger partial charge in [0.1, 0.15) is 5.69 Å². The first-order valence-corrected chi connectivity index (χ1v) is 5.30. The second-order valence-corrected chi connectivity index (χ2v) is 3.65. The number of para-hydroxylation sites is 1. The number of rotatable bonds is 2. The van der Waals surface area contributed by atoms with Crippen molar-refractivity contribution < 1.29 is 14.3 Å². The highest BCUT2D eigenvalue weighted by molar-refractivity contribution is 6.04. The molecule has 0 aliphatic carbocycles. The van der Waals surface area contributed by atoms with E-state index >= 15 is 0 Å². The van der Waals surface area contributed by atoms with Crippen LogP contribution < -0.4 is 5.73 Å². The first kappa shape index (κ1) is 11.9. The Kier molecular flexibility index (Phi) is 3.14. The number of nitrogens with zero attached hydrogens (tertiary/aromatic N) is 1. The fourth-order valence-electron chi connectivity index (χ4n) is 1.65. The van der Waals surface area contributed by atoms with E-state index in [9.17, 15) is 9.59 Å². The number of hydrogen-bond donors (Lipinski definition) is 1. The number of carbonyl (C=O) groups excluding carboxylic acids is 2. The minimum atomic E-state index is -0.567. The summed E-state index contributed by atoms with van der Waals surface area (Å²) in [6.07, 6.45) is 1.50. The Morgan fingerprint density at radius 1 is 1.17 bits per heavy atom. The van der Waals surface area contributed by atoms with E-state index in [1.807, 2.05) is 0 Å². The van der Waals surface area contributed by atoms with Crippen molar-refractivity contribution in [1.29, 1.82) is 0 Å². The van der Waals surface area contributed by atoms with Crippen LogP contribution >= 0.6 is 0 Å². The van der Waals surface area contributed by atoms with Crippen LogP contribution in [0.2, 0.25) is 0 Å². The third-order valence-electron chi connectivity index (χ3n) is 2.55. The molecule has 0 aliphatic heterocycles. The van der Waals surface area contributed by atoms with E-state index in [2.05, 4.69) is 4.74 Å². The average Bonchev–Trinajstić information content (AvgIpc) is 2.86. The smallest absolute Gasteiger partial charge is 0.355 e. The number of methoxy groups -OCH3 is 1. The lowest BCUT2D eigenvalue weighted by Crippen LogP contribution is -2.19. The zero-order valence-electron chi connectivity index (χ0n) is 9.79. The van der Waals surface area contributed by atoms with Gasteiger partial charge in [-0.25, -0.2) is 4.79 Å². The predicted octanol–water partition coefficient (Wildman–Crippen LogP) is 1.55. The van der Waals surface area contributed by atoms with E-state index in [4.69, 9.17) is 5.73 Å². The number of nitrogen functional groups attached to an aromatic ring is 1. The molecule has 92 valence electrons. The van der Waals surface area contributed by atoms with Crippen molar-refractivity contribution in [2.24, 2.45) is 0 Å². The van der Waals surface area contributed by atoms with Crippen LogP contribution in [0.15, 0.2) is 42.6 Å². The van der Waals surface area contributed by atoms with Crippen molar-refractivity contribution in [2.45, 2.75) is 0 Å². The van der Waals surface area contributed by atoms with Crippen LogP contribution in [-0.4, -0.2) is 23.6 Å². The Morgan fingerprint density at radius 2 is 1.89 bits per heavy atom. The van der Waals surface area contributed by atoms with E-state index in [0.717, 1.165) is 0 Å². The Morgan fingerprint density at radius 3 is 2.56 bits per heavy atom. The second kappa shape index (κ2) is 4.75. The maximum Gasteiger partial charge on any atom is 0.355 e. The highest BCUT2D eigenvalue weighted by atomic mass is 16.5. The molecule has 5 heteroatoms. The molecule has 0 amide bonds. The molecule has 1 aromatic carbocycles. The summed E-state index contributed by atoms with van der Waals surface area (Å²) >= 11 is 0. The molecule has 0 unspecified atom stereocenters. The molecule has 0 bridgehead atoms. The Balaban J connectivity index is 2.45. The van der Waals surface area contributed by atoms with Gasteiger partial charge in [0, 0.05) is 11.9 Å². The number of benzene rings is 1. The largest absolute Gasteiger partial charge is 0.464 e. The number of anilines is 1. The number of carbonyl (C=O) groups is 2. The number of hydrogen-bond acceptors (Lipinski definition) is 4. The molecule has 0 aliphatic rings. The van der Waals surface area contributed by atoms with E-state index in [-0.39, 0.29) is 11.6 Å². The third kappa shape index (κ3) is 1.98. The van der Waals surface area contributed by atoms with Crippen LogP contribution in [0.25, 0.3) is 0 Å². The second-order valence-electron chi connectivity index (χ2n) is 3.65. The summed E-state index contributed by atoms with van der Waals surface area (Å²) < 4.78 is 5.83. The lowest BCUT2D eigenvalue weighted by Gasteiger charge is -2.08. The SMILES string of the molecule is COC(=O)c1cccn1C(=O)c1ccccc1N. The zero-order chi connectivity index (χ0) is 13.1. The van der Waals surface area contributed by atoms with Gasteiger partial charge < -0.3 is 10.5 Å². The molecule has 18 heavy (non-hydrogen) atoms. The lowest BCUT2D eigenvalue weighted by molar-refractivity contribution is 0.0583. The number of esters is 1. The molecule has 0 spiro atoms. The molecule has 0 saturated heterocycles. The maximum absolute atomic E-state index is 12.2. The topological polar surface area (TPSA) is 74.3 Å². The standard InChI is InChI=1S/C13H12N2O3/c1-18-13(17)11-7-4-8-15(11)12(16)9-5-2-3-6-10(9)14/h2-8H,14H2,1H3. The molecule has 0 saturated carbocycles. The summed E-state index contributed by atoms with van der Waals surface area (Å²) in [5, 5.41) is 0. The normalized spacial score (nSPS) is 10.1. The summed E-state index contributed by atoms with van der Waals surface area (Å²) in [7, 11) is 1.26. The van der Waals surface area contributed by atoms with Crippen molar-refractivity contribution >= 4 is 17.6 Å². The molecule has 0 radical (unpaired) electrons. The van der Waals surface area contributed by atoms with Gasteiger partial charge in [0.05, 0.1) is 12.7 Å². The number of nitrogens with two attached hydrogens (primary N) is 1. The van der Waals surface area contributed by atoms with Crippen LogP contribution in [0.1, 0.15) is 20.8 Å². The summed E-state index contributed by atoms with van der Waals surface area (Å²) in [5.41, 5.74) is 6.62. The van der Waals surface area contributed by atoms with Gasteiger partial charge >= 0.3 is 5.97 Å². The molecular formula is C13H12N2O3. The zero-order valence-corrected chi connectivity index (χ0v) is 9.79. The fraction of sp³-hybridized carbons (Fsp3) is 0.0769. The molecule has 1 aromatic heterocycles. The number of ether oxygens (including phenoxy) is 1. The van der Waals surface area contributed by atoms with E-state index in [1.54, 1.807) is 30.3 Å². The summed E-state index contributed by atoms with van der Waals surface area (Å²) in [6.45, 7) is 0. The minimum absolute atomic E-state index is 0.172. The molecule has 2 rings (SSSR count). The van der Waals surface area contributed by atoms with Gasteiger partial charge in [-0.2, -0.15) is 0 Å². The quantitative estimate of drug-likeness (QED) is 0.642. The Labute approximate surface area is 104 Å². The van der Waals surface area contributed by atoms with Gasteiger partial charge in [0.25, 0.3) is 5.91 Å². The van der Waals surface area contributed by atoms with Gasteiger partial charge in [0.2, 0.25) is 0 Å². The summed E-state index contributed by atoms with van der Waals surface area (Å²) in [6, 6.07) is 9.81. The van der Waals surface area contributed by atoms with Crippen molar-refractivity contribution in [3.05, 3.63) is 53.9 Å². The Bertz CT molecular complexity index is 602. The van der Waals surface area contributed by atoms with Crippen molar-refractivity contribution in [3.63, 3.8) is 0 Å². The number of aromatic nitrogens is 1. The van der Waals surface area contributed by atoms with Crippen LogP contribution in [-0.2, 0) is 4.74 Å². The first-order valence-electron chi connectivity index (χ1n) is 5.30. The molecule has 0 atom stereocenters. The van der Waals surface area contributed by atoms with E-state index < -0.39 is 5.97 Å². The van der Waals surface area contributed by atoms with Gasteiger partial charge in [-0.1, -0.05) is 12.1 Å². The van der Waals surface area contributed by atoms with Gasteiger partial charge in [-0.15, -0.1) is 0 Å². The van der Waals surface area contributed by atoms with Crippen molar-refractivity contribution in [2.75, 3.05) is 12.8 Å². The highest BCUT2D eigenvalue weighted by Gasteiger charge is 2.18. The molecule has 5 nitrogen and oxygen atoms in total. The fourth-order valence-corrected chi connectivity index (χ4v) is 1.65. The van der Waals surface area contributed by atoms with E-state index in [0.29, 0.717) is 11.3 Å². The van der Waals surface area contributed by atoms with Crippen molar-refractivity contribution in [3.8, 4) is 0 Å². The van der Waals surface area contributed by atoms with Crippen LogP contribution in [0.5, 0.6) is 0 Å². The van der Waals surface area contributed by atoms with Crippen LogP contribution in [0.3, 0.4) is 0 Å². The van der Waals surface area contributed by atoms with Crippen LogP contribution in [0.4, 0.5) is 5.69 Å². The van der Waals surface area contributed by atoms with Gasteiger partial charge in [-0.3, -0.25) is 9.36 Å². The summed E-state index contributed by atoms with van der Waals surface area (Å²) in [5.74, 6) is -0.929. The average molecular weight is 244 g/mol. The molecular weight excluding hydrogens is 232 g/mol. The monoisotopic (exact) mass is 244 g/mol. The van der Waals surface area contributed by atoms with Gasteiger partial charge in [0.15, 0.2) is 0 Å².